The number of aryl methyl sites for hydroxylation is 2. The van der Waals surface area contributed by atoms with E-state index in [4.69, 9.17) is 5.11 Å². The van der Waals surface area contributed by atoms with Crippen molar-refractivity contribution in [1.82, 2.24) is 9.97 Å². The summed E-state index contributed by atoms with van der Waals surface area (Å²) in [5, 5.41) is 8.34. The number of carbonyl (C=O) groups is 1. The van der Waals surface area contributed by atoms with Gasteiger partial charge in [0.25, 0.3) is 0 Å². The molecule has 0 aromatic carbocycles. The van der Waals surface area contributed by atoms with Crippen molar-refractivity contribution in [3.8, 4) is 0 Å². The number of carboxylic acids is 1. The van der Waals surface area contributed by atoms with Gasteiger partial charge in [-0.15, -0.1) is 0 Å². The first-order valence-electron chi connectivity index (χ1n) is 3.41. The second-order valence-corrected chi connectivity index (χ2v) is 2.41. The lowest BCUT2D eigenvalue weighted by atomic mass is 10.3. The molecule has 0 radical (unpaired) electrons. The fraction of sp³-hybridized carbons (Fsp3) is 0.429. The Balaban J connectivity index is 2.45. The van der Waals surface area contributed by atoms with Gasteiger partial charge in [0.05, 0.1) is 6.42 Å². The Bertz CT molecular complexity index is 255. The zero-order chi connectivity index (χ0) is 8.27. The summed E-state index contributed by atoms with van der Waals surface area (Å²) in [6, 6.07) is 0. The molecule has 0 atom stereocenters. The maximum Gasteiger partial charge on any atom is 0.303 e. The van der Waals surface area contributed by atoms with Gasteiger partial charge < -0.3 is 10.1 Å². The topological polar surface area (TPSA) is 66.0 Å². The van der Waals surface area contributed by atoms with Gasteiger partial charge in [-0.25, -0.2) is 4.98 Å². The molecule has 4 nitrogen and oxygen atoms in total. The van der Waals surface area contributed by atoms with Crippen LogP contribution in [0.2, 0.25) is 0 Å². The van der Waals surface area contributed by atoms with Crippen molar-refractivity contribution in [3.05, 3.63) is 17.7 Å². The fourth-order valence-electron chi connectivity index (χ4n) is 0.819. The van der Waals surface area contributed by atoms with Crippen LogP contribution in [0.5, 0.6) is 0 Å². The third-order valence-electron chi connectivity index (χ3n) is 1.33. The van der Waals surface area contributed by atoms with E-state index in [0.29, 0.717) is 6.42 Å². The monoisotopic (exact) mass is 154 g/mol. The van der Waals surface area contributed by atoms with Crippen LogP contribution in [-0.4, -0.2) is 21.0 Å². The quantitative estimate of drug-likeness (QED) is 0.674. The van der Waals surface area contributed by atoms with Crippen LogP contribution in [0, 0.1) is 6.92 Å². The van der Waals surface area contributed by atoms with Crippen LogP contribution in [-0.2, 0) is 11.2 Å². The van der Waals surface area contributed by atoms with E-state index < -0.39 is 5.97 Å². The molecule has 0 aliphatic heterocycles. The predicted octanol–water partition coefficient (Wildman–Crippen LogP) is 0.735. The minimum absolute atomic E-state index is 0.132. The van der Waals surface area contributed by atoms with Crippen molar-refractivity contribution in [1.29, 1.82) is 0 Å². The lowest BCUT2D eigenvalue weighted by Gasteiger charge is -1.90. The highest BCUT2D eigenvalue weighted by Gasteiger charge is 2.00. The number of nitrogens with one attached hydrogen (secondary N) is 1. The van der Waals surface area contributed by atoms with E-state index in [-0.39, 0.29) is 6.42 Å². The number of carboxylic acid groups (broad SMARTS) is 1. The Morgan fingerprint density at radius 3 is 3.00 bits per heavy atom. The lowest BCUT2D eigenvalue weighted by Crippen LogP contribution is -1.98. The number of H-pyrrole nitrogens is 1. The summed E-state index contributed by atoms with van der Waals surface area (Å²) in [6.07, 6.45) is 2.30. The molecule has 1 heterocycles. The lowest BCUT2D eigenvalue weighted by molar-refractivity contribution is -0.137. The summed E-state index contributed by atoms with van der Waals surface area (Å²) in [5.74, 6) is -0.0519. The smallest absolute Gasteiger partial charge is 0.303 e. The van der Waals surface area contributed by atoms with Crippen molar-refractivity contribution >= 4 is 5.97 Å². The van der Waals surface area contributed by atoms with Gasteiger partial charge in [-0.05, 0) is 6.92 Å². The standard InChI is InChI=1S/C7H10N2O2/c1-5-4-8-6(9-5)2-3-7(10)11/h4H,2-3H2,1H3,(H,8,9)(H,10,11). The van der Waals surface area contributed by atoms with Gasteiger partial charge >= 0.3 is 5.97 Å². The molecular formula is C7H10N2O2. The molecule has 0 bridgehead atoms. The van der Waals surface area contributed by atoms with Crippen molar-refractivity contribution < 1.29 is 9.90 Å². The molecule has 1 aromatic heterocycles. The van der Waals surface area contributed by atoms with Crippen molar-refractivity contribution in [2.45, 2.75) is 19.8 Å². The summed E-state index contributed by atoms with van der Waals surface area (Å²) in [7, 11) is 0. The van der Waals surface area contributed by atoms with Crippen molar-refractivity contribution in [2.75, 3.05) is 0 Å². The van der Waals surface area contributed by atoms with E-state index in [2.05, 4.69) is 9.97 Å². The van der Waals surface area contributed by atoms with E-state index in [1.54, 1.807) is 6.20 Å². The van der Waals surface area contributed by atoms with E-state index in [0.717, 1.165) is 11.5 Å². The molecule has 11 heavy (non-hydrogen) atoms. The highest BCUT2D eigenvalue weighted by atomic mass is 16.4. The van der Waals surface area contributed by atoms with Crippen LogP contribution in [0.1, 0.15) is 17.9 Å². The zero-order valence-electron chi connectivity index (χ0n) is 6.29. The molecule has 0 amide bonds. The second kappa shape index (κ2) is 3.18. The highest BCUT2D eigenvalue weighted by Crippen LogP contribution is 1.98. The Morgan fingerprint density at radius 2 is 2.55 bits per heavy atom. The first-order valence-corrected chi connectivity index (χ1v) is 3.41. The number of nitrogens with zero attached hydrogens (tertiary/aromatic N) is 1. The van der Waals surface area contributed by atoms with Crippen LogP contribution in [0.3, 0.4) is 0 Å². The fourth-order valence-corrected chi connectivity index (χ4v) is 0.819. The summed E-state index contributed by atoms with van der Waals surface area (Å²) in [5.41, 5.74) is 0.963. The first kappa shape index (κ1) is 7.78. The van der Waals surface area contributed by atoms with Gasteiger partial charge in [0.2, 0.25) is 0 Å². The average molecular weight is 154 g/mol. The van der Waals surface area contributed by atoms with E-state index in [1.807, 2.05) is 6.92 Å². The van der Waals surface area contributed by atoms with Gasteiger partial charge in [-0.3, -0.25) is 4.79 Å². The predicted molar refractivity (Wildman–Crippen MR) is 39.3 cm³/mol. The number of aromatic amines is 1. The molecule has 0 fully saturated rings. The van der Waals surface area contributed by atoms with Gasteiger partial charge in [0.15, 0.2) is 0 Å². The Hall–Kier alpha value is -1.32. The highest BCUT2D eigenvalue weighted by molar-refractivity contribution is 5.66. The molecule has 0 saturated heterocycles. The third kappa shape index (κ3) is 2.41. The maximum atomic E-state index is 10.1. The Labute approximate surface area is 64.3 Å². The van der Waals surface area contributed by atoms with Gasteiger partial charge in [-0.1, -0.05) is 0 Å². The molecule has 60 valence electrons. The zero-order valence-corrected chi connectivity index (χ0v) is 6.29. The number of hydrogen-bond acceptors (Lipinski definition) is 2. The molecular weight excluding hydrogens is 144 g/mol. The summed E-state index contributed by atoms with van der Waals surface area (Å²) >= 11 is 0. The largest absolute Gasteiger partial charge is 0.481 e. The molecule has 4 heteroatoms. The minimum atomic E-state index is -0.793. The molecule has 0 spiro atoms. The normalized spacial score (nSPS) is 9.91. The summed E-state index contributed by atoms with van der Waals surface area (Å²) < 4.78 is 0. The molecule has 0 aliphatic rings. The number of hydrogen-bond donors (Lipinski definition) is 2. The van der Waals surface area contributed by atoms with Gasteiger partial charge in [0.1, 0.15) is 5.82 Å². The van der Waals surface area contributed by atoms with Crippen LogP contribution in [0.4, 0.5) is 0 Å². The SMILES string of the molecule is Cc1cnc(CCC(=O)O)[nH]1. The minimum Gasteiger partial charge on any atom is -0.481 e. The van der Waals surface area contributed by atoms with Crippen LogP contribution < -0.4 is 0 Å². The second-order valence-electron chi connectivity index (χ2n) is 2.41. The van der Waals surface area contributed by atoms with Crippen molar-refractivity contribution in [3.63, 3.8) is 0 Å². The number of aliphatic carboxylic acids is 1. The summed E-state index contributed by atoms with van der Waals surface area (Å²) in [4.78, 5) is 17.1. The van der Waals surface area contributed by atoms with Crippen LogP contribution in [0.25, 0.3) is 0 Å². The molecule has 1 aromatic rings. The molecule has 0 aliphatic carbocycles. The van der Waals surface area contributed by atoms with Crippen molar-refractivity contribution in [2.24, 2.45) is 0 Å². The summed E-state index contributed by atoms with van der Waals surface area (Å²) in [6.45, 7) is 1.89. The van der Waals surface area contributed by atoms with E-state index in [1.165, 1.54) is 0 Å². The Kier molecular flexibility index (Phi) is 2.25. The van der Waals surface area contributed by atoms with Crippen LogP contribution in [0.15, 0.2) is 6.20 Å². The third-order valence-corrected chi connectivity index (χ3v) is 1.33. The number of rotatable bonds is 3. The Morgan fingerprint density at radius 1 is 1.82 bits per heavy atom. The molecule has 0 unspecified atom stereocenters. The van der Waals surface area contributed by atoms with Gasteiger partial charge in [0, 0.05) is 18.3 Å². The maximum absolute atomic E-state index is 10.1. The van der Waals surface area contributed by atoms with E-state index >= 15 is 0 Å². The number of imidazole rings is 1. The van der Waals surface area contributed by atoms with Gasteiger partial charge in [-0.2, -0.15) is 0 Å². The van der Waals surface area contributed by atoms with E-state index in [9.17, 15) is 4.79 Å². The molecule has 0 saturated carbocycles. The molecule has 1 rings (SSSR count). The average Bonchev–Trinajstić information content (AvgIpc) is 2.31. The molecule has 2 N–H and O–H groups in total. The number of aromatic nitrogens is 2. The van der Waals surface area contributed by atoms with Crippen LogP contribution >= 0.6 is 0 Å². The first-order chi connectivity index (χ1) is 5.18.